The van der Waals surface area contributed by atoms with Gasteiger partial charge < -0.3 is 15.1 Å². The number of aromatic nitrogens is 2. The number of hydrogen-bond donors (Lipinski definition) is 1. The second-order valence-corrected chi connectivity index (χ2v) is 9.37. The molecule has 0 atom stereocenters. The van der Waals surface area contributed by atoms with Gasteiger partial charge >= 0.3 is 0 Å². The predicted octanol–water partition coefficient (Wildman–Crippen LogP) is -0.617. The van der Waals surface area contributed by atoms with Gasteiger partial charge in [-0.1, -0.05) is 0 Å². The second-order valence-electron chi connectivity index (χ2n) is 7.07. The van der Waals surface area contributed by atoms with Crippen LogP contribution in [0, 0.1) is 0 Å². The highest BCUT2D eigenvalue weighted by Crippen LogP contribution is 2.16. The molecule has 2 fully saturated rings. The van der Waals surface area contributed by atoms with Crippen molar-refractivity contribution in [3.8, 4) is 0 Å². The molecule has 2 aliphatic heterocycles. The Morgan fingerprint density at radius 1 is 1.24 bits per heavy atom. The van der Waals surface area contributed by atoms with E-state index >= 15 is 0 Å². The quantitative estimate of drug-likeness (QED) is 0.303. The number of piperazine rings is 1. The van der Waals surface area contributed by atoms with E-state index in [2.05, 4.69) is 20.3 Å². The van der Waals surface area contributed by atoms with Crippen LogP contribution in [0.15, 0.2) is 17.4 Å². The molecular formula is C17H30IN7O3S. The van der Waals surface area contributed by atoms with Gasteiger partial charge in [0.1, 0.15) is 6.54 Å². The molecule has 0 saturated carbocycles. The van der Waals surface area contributed by atoms with Gasteiger partial charge in [-0.25, -0.2) is 8.42 Å². The summed E-state index contributed by atoms with van der Waals surface area (Å²) in [6, 6.07) is 0. The van der Waals surface area contributed by atoms with Gasteiger partial charge in [-0.15, -0.1) is 24.0 Å². The molecule has 29 heavy (non-hydrogen) atoms. The van der Waals surface area contributed by atoms with Crippen molar-refractivity contribution in [3.63, 3.8) is 0 Å². The van der Waals surface area contributed by atoms with Crippen molar-refractivity contribution in [3.05, 3.63) is 12.4 Å². The molecule has 2 saturated heterocycles. The predicted molar refractivity (Wildman–Crippen MR) is 124 cm³/mol. The summed E-state index contributed by atoms with van der Waals surface area (Å²) < 4.78 is 24.7. The van der Waals surface area contributed by atoms with E-state index in [1.165, 1.54) is 0 Å². The van der Waals surface area contributed by atoms with Crippen LogP contribution in [-0.2, 0) is 21.7 Å². The average Bonchev–Trinajstić information content (AvgIpc) is 3.08. The van der Waals surface area contributed by atoms with Gasteiger partial charge in [-0.05, 0) is 6.92 Å². The van der Waals surface area contributed by atoms with E-state index in [0.29, 0.717) is 39.3 Å². The topological polar surface area (TPSA) is 103 Å². The van der Waals surface area contributed by atoms with Crippen LogP contribution in [0.25, 0.3) is 0 Å². The Hall–Kier alpha value is -1.41. The Labute approximate surface area is 189 Å². The molecule has 2 aliphatic rings. The summed E-state index contributed by atoms with van der Waals surface area (Å²) in [7, 11) is -1.03. The lowest BCUT2D eigenvalue weighted by atomic mass is 10.3. The summed E-state index contributed by atoms with van der Waals surface area (Å²) in [5.41, 5.74) is 0.814. The Morgan fingerprint density at radius 2 is 1.97 bits per heavy atom. The number of anilines is 1. The van der Waals surface area contributed by atoms with Crippen LogP contribution in [0.4, 0.5) is 5.69 Å². The van der Waals surface area contributed by atoms with Crippen molar-refractivity contribution in [1.29, 1.82) is 0 Å². The first kappa shape index (κ1) is 23.9. The molecule has 3 heterocycles. The van der Waals surface area contributed by atoms with E-state index in [0.717, 1.165) is 18.2 Å². The standard InChI is InChI=1S/C17H29N7O3S.HI/c1-3-18-17(19-4-5-22-8-10-28(26,27)11-9-22)23-6-7-24(16(25)14-23)15-12-20-21(2)13-15;/h12-13H,3-11,14H2,1-2H3,(H,18,19);1H. The molecule has 3 rings (SSSR count). The molecule has 1 aromatic heterocycles. The number of sulfone groups is 1. The Bertz CT molecular complexity index is 813. The zero-order valence-corrected chi connectivity index (χ0v) is 20.1. The third kappa shape index (κ3) is 6.54. The minimum absolute atomic E-state index is 0. The van der Waals surface area contributed by atoms with Gasteiger partial charge in [0.15, 0.2) is 15.8 Å². The van der Waals surface area contributed by atoms with Crippen LogP contribution in [-0.4, -0.2) is 104 Å². The lowest BCUT2D eigenvalue weighted by molar-refractivity contribution is -0.120. The zero-order valence-electron chi connectivity index (χ0n) is 17.0. The number of nitrogens with one attached hydrogen (secondary N) is 1. The molecule has 10 nitrogen and oxygen atoms in total. The number of carbonyl (C=O) groups excluding carboxylic acids is 1. The van der Waals surface area contributed by atoms with Gasteiger partial charge in [0.25, 0.3) is 0 Å². The Balaban J connectivity index is 0.00000300. The maximum Gasteiger partial charge on any atom is 0.246 e. The van der Waals surface area contributed by atoms with Crippen molar-refractivity contribution in [2.75, 3.05) is 68.8 Å². The van der Waals surface area contributed by atoms with E-state index in [-0.39, 0.29) is 47.9 Å². The summed E-state index contributed by atoms with van der Waals surface area (Å²) in [5.74, 6) is 1.20. The average molecular weight is 539 g/mol. The molecule has 1 N–H and O–H groups in total. The molecule has 164 valence electrons. The molecule has 1 amide bonds. The molecule has 0 unspecified atom stereocenters. The Morgan fingerprint density at radius 3 is 2.55 bits per heavy atom. The number of aryl methyl sites for hydroxylation is 1. The lowest BCUT2D eigenvalue weighted by Crippen LogP contribution is -2.55. The van der Waals surface area contributed by atoms with E-state index in [9.17, 15) is 13.2 Å². The zero-order chi connectivity index (χ0) is 20.1. The van der Waals surface area contributed by atoms with Gasteiger partial charge in [-0.3, -0.25) is 19.4 Å². The maximum atomic E-state index is 12.6. The molecular weight excluding hydrogens is 509 g/mol. The van der Waals surface area contributed by atoms with Crippen molar-refractivity contribution >= 4 is 51.4 Å². The summed E-state index contributed by atoms with van der Waals surface area (Å²) in [4.78, 5) is 23.1. The van der Waals surface area contributed by atoms with E-state index in [1.54, 1.807) is 15.8 Å². The van der Waals surface area contributed by atoms with Crippen LogP contribution >= 0.6 is 24.0 Å². The van der Waals surface area contributed by atoms with Crippen LogP contribution < -0.4 is 10.2 Å². The summed E-state index contributed by atoms with van der Waals surface area (Å²) in [6.45, 7) is 6.67. The highest BCUT2D eigenvalue weighted by atomic mass is 127. The highest BCUT2D eigenvalue weighted by molar-refractivity contribution is 14.0. The first-order valence-electron chi connectivity index (χ1n) is 9.63. The fourth-order valence-corrected chi connectivity index (χ4v) is 4.65. The molecule has 1 aromatic rings. The maximum absolute atomic E-state index is 12.6. The third-order valence-corrected chi connectivity index (χ3v) is 6.58. The first-order chi connectivity index (χ1) is 13.4. The number of aliphatic imine (C=N–C) groups is 1. The number of carbonyl (C=O) groups is 1. The molecule has 0 aromatic carbocycles. The number of halogens is 1. The van der Waals surface area contributed by atoms with Crippen LogP contribution in [0.5, 0.6) is 0 Å². The third-order valence-electron chi connectivity index (χ3n) is 4.97. The van der Waals surface area contributed by atoms with E-state index in [4.69, 9.17) is 0 Å². The lowest BCUT2D eigenvalue weighted by Gasteiger charge is -2.35. The molecule has 0 radical (unpaired) electrons. The van der Waals surface area contributed by atoms with Crippen LogP contribution in [0.1, 0.15) is 6.92 Å². The van der Waals surface area contributed by atoms with Crippen LogP contribution in [0.2, 0.25) is 0 Å². The van der Waals surface area contributed by atoms with Crippen LogP contribution in [0.3, 0.4) is 0 Å². The van der Waals surface area contributed by atoms with Crippen molar-refractivity contribution in [1.82, 2.24) is 24.9 Å². The summed E-state index contributed by atoms with van der Waals surface area (Å²) in [5, 5.41) is 7.39. The molecule has 0 aliphatic carbocycles. The minimum Gasteiger partial charge on any atom is -0.357 e. The molecule has 0 spiro atoms. The van der Waals surface area contributed by atoms with Crippen molar-refractivity contribution in [2.45, 2.75) is 6.92 Å². The number of nitrogens with zero attached hydrogens (tertiary/aromatic N) is 6. The monoisotopic (exact) mass is 539 g/mol. The smallest absolute Gasteiger partial charge is 0.246 e. The molecule has 0 bridgehead atoms. The SMILES string of the molecule is CCNC(=NCCN1CCS(=O)(=O)CC1)N1CCN(c2cnn(C)c2)C(=O)C1.I. The van der Waals surface area contributed by atoms with Gasteiger partial charge in [0.05, 0.1) is 29.9 Å². The number of rotatable bonds is 5. The normalized spacial score (nSPS) is 20.5. The number of guanidine groups is 1. The fraction of sp³-hybridized carbons (Fsp3) is 0.706. The van der Waals surface area contributed by atoms with Gasteiger partial charge in [-0.2, -0.15) is 5.10 Å². The summed E-state index contributed by atoms with van der Waals surface area (Å²) >= 11 is 0. The Kier molecular flexibility index (Phi) is 8.70. The van der Waals surface area contributed by atoms with Gasteiger partial charge in [0.2, 0.25) is 5.91 Å². The highest BCUT2D eigenvalue weighted by Gasteiger charge is 2.28. The van der Waals surface area contributed by atoms with E-state index in [1.807, 2.05) is 25.1 Å². The summed E-state index contributed by atoms with van der Waals surface area (Å²) in [6.07, 6.45) is 3.54. The molecule has 12 heteroatoms. The van der Waals surface area contributed by atoms with Crippen molar-refractivity contribution < 1.29 is 13.2 Å². The fourth-order valence-electron chi connectivity index (χ4n) is 3.37. The minimum atomic E-state index is -2.86. The second kappa shape index (κ2) is 10.6. The largest absolute Gasteiger partial charge is 0.357 e. The first-order valence-corrected chi connectivity index (χ1v) is 11.4. The number of hydrogen-bond acceptors (Lipinski definition) is 6. The van der Waals surface area contributed by atoms with E-state index < -0.39 is 9.84 Å². The van der Waals surface area contributed by atoms with Crippen molar-refractivity contribution in [2.24, 2.45) is 12.0 Å². The number of amides is 1. The van der Waals surface area contributed by atoms with Gasteiger partial charge in [0, 0.05) is 52.5 Å².